The van der Waals surface area contributed by atoms with Crippen molar-refractivity contribution in [2.75, 3.05) is 7.11 Å². The second-order valence-corrected chi connectivity index (χ2v) is 7.14. The smallest absolute Gasteiger partial charge is 0.266 e. The SMILES string of the molecule is COc1ccc(/C=C2/SC(=S)N(C(C)(C)C)C2=O)cc1. The molecule has 5 heteroatoms. The second kappa shape index (κ2) is 5.58. The number of thioether (sulfide) groups is 1. The van der Waals surface area contributed by atoms with Gasteiger partial charge in [0.25, 0.3) is 5.91 Å². The molecule has 1 aromatic rings. The largest absolute Gasteiger partial charge is 0.497 e. The van der Waals surface area contributed by atoms with Crippen LogP contribution >= 0.6 is 24.0 Å². The zero-order chi connectivity index (χ0) is 14.9. The van der Waals surface area contributed by atoms with E-state index in [0.29, 0.717) is 9.23 Å². The van der Waals surface area contributed by atoms with E-state index >= 15 is 0 Å². The van der Waals surface area contributed by atoms with E-state index in [0.717, 1.165) is 11.3 Å². The highest BCUT2D eigenvalue weighted by atomic mass is 32.2. The molecule has 1 aliphatic heterocycles. The molecule has 1 saturated heterocycles. The Morgan fingerprint density at radius 1 is 1.25 bits per heavy atom. The summed E-state index contributed by atoms with van der Waals surface area (Å²) >= 11 is 6.66. The average Bonchev–Trinajstić information content (AvgIpc) is 2.64. The fraction of sp³-hybridized carbons (Fsp3) is 0.333. The molecule has 0 atom stereocenters. The Hall–Kier alpha value is -1.33. The Kier molecular flexibility index (Phi) is 4.20. The normalized spacial score (nSPS) is 18.0. The van der Waals surface area contributed by atoms with Crippen molar-refractivity contribution in [2.24, 2.45) is 0 Å². The zero-order valence-electron chi connectivity index (χ0n) is 12.0. The van der Waals surface area contributed by atoms with Gasteiger partial charge in [-0.25, -0.2) is 0 Å². The summed E-state index contributed by atoms with van der Waals surface area (Å²) < 4.78 is 5.73. The van der Waals surface area contributed by atoms with Crippen LogP contribution in [0, 0.1) is 0 Å². The molecule has 106 valence electrons. The molecule has 0 radical (unpaired) electrons. The minimum atomic E-state index is -0.295. The molecule has 0 aromatic heterocycles. The summed E-state index contributed by atoms with van der Waals surface area (Å²) in [5.74, 6) is 0.771. The van der Waals surface area contributed by atoms with Crippen molar-refractivity contribution < 1.29 is 9.53 Å². The van der Waals surface area contributed by atoms with Gasteiger partial charge < -0.3 is 4.74 Å². The van der Waals surface area contributed by atoms with Crippen LogP contribution in [0.1, 0.15) is 26.3 Å². The summed E-state index contributed by atoms with van der Waals surface area (Å²) in [4.78, 5) is 14.7. The molecule has 1 heterocycles. The molecule has 0 aliphatic carbocycles. The quantitative estimate of drug-likeness (QED) is 0.615. The maximum Gasteiger partial charge on any atom is 0.266 e. The number of amides is 1. The summed E-state index contributed by atoms with van der Waals surface area (Å²) in [7, 11) is 1.63. The van der Waals surface area contributed by atoms with Crippen LogP contribution in [0.2, 0.25) is 0 Å². The molecule has 1 fully saturated rings. The van der Waals surface area contributed by atoms with Gasteiger partial charge in [-0.15, -0.1) is 0 Å². The molecule has 0 unspecified atom stereocenters. The standard InChI is InChI=1S/C15H17NO2S2/c1-15(2,3)16-13(17)12(20-14(16)19)9-10-5-7-11(18-4)8-6-10/h5-9H,1-4H3/b12-9+. The fourth-order valence-electron chi connectivity index (χ4n) is 1.90. The van der Waals surface area contributed by atoms with Crippen LogP contribution in [0.4, 0.5) is 0 Å². The van der Waals surface area contributed by atoms with E-state index in [-0.39, 0.29) is 11.4 Å². The average molecular weight is 307 g/mol. The fourth-order valence-corrected chi connectivity index (χ4v) is 3.53. The third-order valence-electron chi connectivity index (χ3n) is 2.88. The Morgan fingerprint density at radius 2 is 1.85 bits per heavy atom. The summed E-state index contributed by atoms with van der Waals surface area (Å²) in [5, 5.41) is 0. The minimum absolute atomic E-state index is 0.0247. The lowest BCUT2D eigenvalue weighted by molar-refractivity contribution is -0.125. The topological polar surface area (TPSA) is 29.5 Å². The van der Waals surface area contributed by atoms with Gasteiger partial charge in [-0.1, -0.05) is 36.1 Å². The molecule has 20 heavy (non-hydrogen) atoms. The molecule has 0 spiro atoms. The molecule has 3 nitrogen and oxygen atoms in total. The molecular formula is C15H17NO2S2. The highest BCUT2D eigenvalue weighted by Gasteiger charge is 2.38. The summed E-state index contributed by atoms with van der Waals surface area (Å²) in [6.45, 7) is 5.94. The maximum atomic E-state index is 12.4. The number of methoxy groups -OCH3 is 1. The first-order chi connectivity index (χ1) is 9.32. The Labute approximate surface area is 129 Å². The van der Waals surface area contributed by atoms with Crippen LogP contribution < -0.4 is 4.74 Å². The van der Waals surface area contributed by atoms with Crippen LogP contribution in [-0.2, 0) is 4.79 Å². The lowest BCUT2D eigenvalue weighted by atomic mass is 10.1. The first kappa shape index (κ1) is 15.1. The van der Waals surface area contributed by atoms with Crippen LogP contribution in [0.25, 0.3) is 6.08 Å². The predicted molar refractivity (Wildman–Crippen MR) is 87.8 cm³/mol. The predicted octanol–water partition coefficient (Wildman–Crippen LogP) is 3.69. The first-order valence-corrected chi connectivity index (χ1v) is 7.47. The van der Waals surface area contributed by atoms with Gasteiger partial charge >= 0.3 is 0 Å². The molecule has 1 amide bonds. The van der Waals surface area contributed by atoms with Gasteiger partial charge in [-0.2, -0.15) is 0 Å². The van der Waals surface area contributed by atoms with Gasteiger partial charge in [0.15, 0.2) is 0 Å². The number of hydrogen-bond donors (Lipinski definition) is 0. The van der Waals surface area contributed by atoms with Crippen molar-refractivity contribution in [3.8, 4) is 5.75 Å². The number of nitrogens with zero attached hydrogens (tertiary/aromatic N) is 1. The number of carbonyl (C=O) groups is 1. The van der Waals surface area contributed by atoms with E-state index in [1.165, 1.54) is 11.8 Å². The maximum absolute atomic E-state index is 12.4. The van der Waals surface area contributed by atoms with Crippen molar-refractivity contribution in [1.29, 1.82) is 0 Å². The van der Waals surface area contributed by atoms with Gasteiger partial charge in [0.2, 0.25) is 0 Å². The van der Waals surface area contributed by atoms with Crippen molar-refractivity contribution in [3.63, 3.8) is 0 Å². The van der Waals surface area contributed by atoms with Crippen LogP contribution in [0.3, 0.4) is 0 Å². The van der Waals surface area contributed by atoms with E-state index in [9.17, 15) is 4.79 Å². The second-order valence-electron chi connectivity index (χ2n) is 5.46. The van der Waals surface area contributed by atoms with Gasteiger partial charge in [0.1, 0.15) is 10.1 Å². The number of hydrogen-bond acceptors (Lipinski definition) is 4. The summed E-state index contributed by atoms with van der Waals surface area (Å²) in [5.41, 5.74) is 0.664. The van der Waals surface area contributed by atoms with Crippen LogP contribution in [0.15, 0.2) is 29.2 Å². The van der Waals surface area contributed by atoms with Crippen molar-refractivity contribution in [1.82, 2.24) is 4.90 Å². The monoisotopic (exact) mass is 307 g/mol. The third kappa shape index (κ3) is 3.04. The Balaban J connectivity index is 2.27. The van der Waals surface area contributed by atoms with Crippen molar-refractivity contribution in [3.05, 3.63) is 34.7 Å². The Morgan fingerprint density at radius 3 is 2.30 bits per heavy atom. The van der Waals surface area contributed by atoms with E-state index in [2.05, 4.69) is 0 Å². The summed E-state index contributed by atoms with van der Waals surface area (Å²) in [6.07, 6.45) is 1.87. The van der Waals surface area contributed by atoms with E-state index in [1.54, 1.807) is 12.0 Å². The molecule has 1 aromatic carbocycles. The van der Waals surface area contributed by atoms with Gasteiger partial charge in [0.05, 0.1) is 12.0 Å². The van der Waals surface area contributed by atoms with E-state index in [1.807, 2.05) is 51.1 Å². The number of carbonyl (C=O) groups excluding carboxylic acids is 1. The minimum Gasteiger partial charge on any atom is -0.497 e. The van der Waals surface area contributed by atoms with Gasteiger partial charge in [-0.05, 0) is 44.5 Å². The van der Waals surface area contributed by atoms with E-state index in [4.69, 9.17) is 17.0 Å². The number of benzene rings is 1. The van der Waals surface area contributed by atoms with Gasteiger partial charge in [0, 0.05) is 5.54 Å². The number of ether oxygens (including phenoxy) is 1. The third-order valence-corrected chi connectivity index (χ3v) is 4.18. The Bertz CT molecular complexity index is 571. The molecule has 2 rings (SSSR count). The van der Waals surface area contributed by atoms with Crippen molar-refractivity contribution >= 4 is 40.3 Å². The number of rotatable bonds is 2. The van der Waals surface area contributed by atoms with Crippen LogP contribution in [-0.4, -0.2) is 27.8 Å². The molecule has 1 aliphatic rings. The molecule has 0 N–H and O–H groups in total. The molecule has 0 bridgehead atoms. The zero-order valence-corrected chi connectivity index (χ0v) is 13.6. The molecular weight excluding hydrogens is 290 g/mol. The van der Waals surface area contributed by atoms with Crippen molar-refractivity contribution in [2.45, 2.75) is 26.3 Å². The first-order valence-electron chi connectivity index (χ1n) is 6.25. The lowest BCUT2D eigenvalue weighted by Gasteiger charge is -2.30. The number of thiocarbonyl (C=S) groups is 1. The van der Waals surface area contributed by atoms with E-state index < -0.39 is 0 Å². The van der Waals surface area contributed by atoms with Gasteiger partial charge in [-0.3, -0.25) is 9.69 Å². The highest BCUT2D eigenvalue weighted by molar-refractivity contribution is 8.26. The lowest BCUT2D eigenvalue weighted by Crippen LogP contribution is -2.44. The highest BCUT2D eigenvalue weighted by Crippen LogP contribution is 2.36. The molecule has 0 saturated carbocycles. The summed E-state index contributed by atoms with van der Waals surface area (Å²) in [6, 6.07) is 7.58. The van der Waals surface area contributed by atoms with Crippen LogP contribution in [0.5, 0.6) is 5.75 Å².